The SMILES string of the molecule is CN=C(NCCCOC1CCOC1)NCC1(c2ccccc2)CCOCC1. The van der Waals surface area contributed by atoms with Gasteiger partial charge in [-0.25, -0.2) is 0 Å². The molecule has 0 bridgehead atoms. The monoisotopic (exact) mass is 375 g/mol. The number of nitrogens with one attached hydrogen (secondary N) is 2. The maximum Gasteiger partial charge on any atom is 0.191 e. The minimum Gasteiger partial charge on any atom is -0.381 e. The van der Waals surface area contributed by atoms with Gasteiger partial charge in [0.25, 0.3) is 0 Å². The highest BCUT2D eigenvalue weighted by Gasteiger charge is 2.34. The second-order valence-electron chi connectivity index (χ2n) is 7.32. The Kier molecular flexibility index (Phi) is 7.93. The third-order valence-electron chi connectivity index (χ3n) is 5.51. The van der Waals surface area contributed by atoms with Crippen LogP contribution in [0.25, 0.3) is 0 Å². The van der Waals surface area contributed by atoms with Crippen molar-refractivity contribution in [2.75, 3.05) is 53.2 Å². The van der Waals surface area contributed by atoms with E-state index in [2.05, 4.69) is 46.0 Å². The van der Waals surface area contributed by atoms with Crippen molar-refractivity contribution < 1.29 is 14.2 Å². The zero-order chi connectivity index (χ0) is 18.8. The van der Waals surface area contributed by atoms with Crippen LogP contribution in [-0.2, 0) is 19.6 Å². The minimum absolute atomic E-state index is 0.0999. The summed E-state index contributed by atoms with van der Waals surface area (Å²) >= 11 is 0. The molecule has 1 unspecified atom stereocenters. The van der Waals surface area contributed by atoms with E-state index in [-0.39, 0.29) is 11.5 Å². The summed E-state index contributed by atoms with van der Waals surface area (Å²) in [6.07, 6.45) is 4.30. The smallest absolute Gasteiger partial charge is 0.191 e. The average molecular weight is 376 g/mol. The van der Waals surface area contributed by atoms with Crippen molar-refractivity contribution in [3.05, 3.63) is 35.9 Å². The molecule has 2 heterocycles. The molecule has 27 heavy (non-hydrogen) atoms. The van der Waals surface area contributed by atoms with E-state index in [1.807, 2.05) is 7.05 Å². The average Bonchev–Trinajstić information content (AvgIpc) is 3.25. The van der Waals surface area contributed by atoms with Gasteiger partial charge in [0.2, 0.25) is 0 Å². The van der Waals surface area contributed by atoms with Gasteiger partial charge in [0.1, 0.15) is 0 Å². The van der Waals surface area contributed by atoms with Crippen LogP contribution < -0.4 is 10.6 Å². The molecule has 3 rings (SSSR count). The largest absolute Gasteiger partial charge is 0.381 e. The molecule has 0 spiro atoms. The summed E-state index contributed by atoms with van der Waals surface area (Å²) in [5.74, 6) is 0.848. The van der Waals surface area contributed by atoms with E-state index in [4.69, 9.17) is 14.2 Å². The molecule has 0 saturated carbocycles. The number of rotatable bonds is 8. The van der Waals surface area contributed by atoms with Crippen molar-refractivity contribution in [3.8, 4) is 0 Å². The van der Waals surface area contributed by atoms with Gasteiger partial charge in [-0.3, -0.25) is 4.99 Å². The molecule has 2 aliphatic rings. The lowest BCUT2D eigenvalue weighted by atomic mass is 9.74. The van der Waals surface area contributed by atoms with Gasteiger partial charge in [-0.1, -0.05) is 30.3 Å². The molecular weight excluding hydrogens is 342 g/mol. The molecule has 2 fully saturated rings. The van der Waals surface area contributed by atoms with Gasteiger partial charge in [0.05, 0.1) is 12.7 Å². The molecule has 1 aromatic rings. The molecule has 2 saturated heterocycles. The topological polar surface area (TPSA) is 64.1 Å². The second kappa shape index (κ2) is 10.6. The number of guanidine groups is 1. The molecule has 6 heteroatoms. The Bertz CT molecular complexity index is 567. The lowest BCUT2D eigenvalue weighted by Gasteiger charge is -2.38. The number of nitrogens with zero attached hydrogens (tertiary/aromatic N) is 1. The van der Waals surface area contributed by atoms with Gasteiger partial charge in [0.15, 0.2) is 5.96 Å². The number of benzene rings is 1. The summed E-state index contributed by atoms with van der Waals surface area (Å²) in [4.78, 5) is 4.37. The van der Waals surface area contributed by atoms with Crippen LogP contribution >= 0.6 is 0 Å². The normalized spacial score (nSPS) is 22.6. The molecule has 0 aromatic heterocycles. The molecule has 0 amide bonds. The van der Waals surface area contributed by atoms with E-state index in [0.717, 1.165) is 77.8 Å². The Morgan fingerprint density at radius 2 is 1.96 bits per heavy atom. The van der Waals surface area contributed by atoms with Gasteiger partial charge < -0.3 is 24.8 Å². The first-order valence-corrected chi connectivity index (χ1v) is 10.1. The van der Waals surface area contributed by atoms with Crippen molar-refractivity contribution in [2.45, 2.75) is 37.2 Å². The molecule has 2 N–H and O–H groups in total. The molecule has 6 nitrogen and oxygen atoms in total. The summed E-state index contributed by atoms with van der Waals surface area (Å²) in [5, 5.41) is 6.93. The minimum atomic E-state index is 0.0999. The Morgan fingerprint density at radius 1 is 1.15 bits per heavy atom. The van der Waals surface area contributed by atoms with Crippen LogP contribution in [0.5, 0.6) is 0 Å². The quantitative estimate of drug-likeness (QED) is 0.414. The molecule has 1 atom stereocenters. The molecule has 1 aromatic carbocycles. The van der Waals surface area contributed by atoms with Crippen molar-refractivity contribution in [2.24, 2.45) is 4.99 Å². The number of aliphatic imine (C=N–C) groups is 1. The van der Waals surface area contributed by atoms with Crippen molar-refractivity contribution in [1.29, 1.82) is 0 Å². The highest BCUT2D eigenvalue weighted by atomic mass is 16.5. The summed E-state index contributed by atoms with van der Waals surface area (Å²) in [6.45, 7) is 5.64. The Labute approximate surface area is 162 Å². The highest BCUT2D eigenvalue weighted by molar-refractivity contribution is 5.79. The Balaban J connectivity index is 1.44. The lowest BCUT2D eigenvalue weighted by Crippen LogP contribution is -2.48. The van der Waals surface area contributed by atoms with Gasteiger partial charge in [-0.2, -0.15) is 0 Å². The molecular formula is C21H33N3O3. The molecule has 150 valence electrons. The second-order valence-corrected chi connectivity index (χ2v) is 7.32. The van der Waals surface area contributed by atoms with Gasteiger partial charge in [-0.15, -0.1) is 0 Å². The maximum absolute atomic E-state index is 5.81. The predicted molar refractivity (Wildman–Crippen MR) is 107 cm³/mol. The number of ether oxygens (including phenoxy) is 3. The molecule has 0 aliphatic carbocycles. The van der Waals surface area contributed by atoms with Crippen LogP contribution in [-0.4, -0.2) is 65.2 Å². The molecule has 0 radical (unpaired) electrons. The zero-order valence-corrected chi connectivity index (χ0v) is 16.4. The first kappa shape index (κ1) is 20.1. The van der Waals surface area contributed by atoms with E-state index in [9.17, 15) is 0 Å². The zero-order valence-electron chi connectivity index (χ0n) is 16.4. The summed E-state index contributed by atoms with van der Waals surface area (Å²) in [6, 6.07) is 10.8. The first-order valence-electron chi connectivity index (χ1n) is 10.1. The van der Waals surface area contributed by atoms with E-state index in [1.54, 1.807) is 0 Å². The number of hydrogen-bond acceptors (Lipinski definition) is 4. The van der Waals surface area contributed by atoms with Crippen LogP contribution in [0.3, 0.4) is 0 Å². The maximum atomic E-state index is 5.81. The van der Waals surface area contributed by atoms with E-state index in [0.29, 0.717) is 0 Å². The van der Waals surface area contributed by atoms with Crippen LogP contribution in [0.2, 0.25) is 0 Å². The van der Waals surface area contributed by atoms with Crippen molar-refractivity contribution >= 4 is 5.96 Å². The fourth-order valence-electron chi connectivity index (χ4n) is 3.77. The first-order chi connectivity index (χ1) is 13.3. The fourth-order valence-corrected chi connectivity index (χ4v) is 3.77. The third-order valence-corrected chi connectivity index (χ3v) is 5.51. The standard InChI is InChI=1S/C21H33N3O3/c1-22-20(23-11-5-12-27-19-8-13-26-16-19)24-17-21(9-14-25-15-10-21)18-6-3-2-4-7-18/h2-4,6-7,19H,5,8-17H2,1H3,(H2,22,23,24). The van der Waals surface area contributed by atoms with Crippen LogP contribution in [0.4, 0.5) is 0 Å². The van der Waals surface area contributed by atoms with Gasteiger partial charge in [-0.05, 0) is 31.2 Å². The van der Waals surface area contributed by atoms with Crippen LogP contribution in [0.15, 0.2) is 35.3 Å². The van der Waals surface area contributed by atoms with Crippen LogP contribution in [0, 0.1) is 0 Å². The lowest BCUT2D eigenvalue weighted by molar-refractivity contribution is 0.0419. The summed E-state index contributed by atoms with van der Waals surface area (Å²) < 4.78 is 16.8. The van der Waals surface area contributed by atoms with Crippen LogP contribution in [0.1, 0.15) is 31.2 Å². The predicted octanol–water partition coefficient (Wildman–Crippen LogP) is 2.10. The molecule has 2 aliphatic heterocycles. The highest BCUT2D eigenvalue weighted by Crippen LogP contribution is 2.34. The number of hydrogen-bond donors (Lipinski definition) is 2. The van der Waals surface area contributed by atoms with Gasteiger partial charge in [0, 0.05) is 52.0 Å². The van der Waals surface area contributed by atoms with E-state index >= 15 is 0 Å². The Hall–Kier alpha value is -1.63. The summed E-state index contributed by atoms with van der Waals surface area (Å²) in [7, 11) is 1.82. The van der Waals surface area contributed by atoms with Crippen molar-refractivity contribution in [3.63, 3.8) is 0 Å². The van der Waals surface area contributed by atoms with E-state index < -0.39 is 0 Å². The third kappa shape index (κ3) is 5.92. The van der Waals surface area contributed by atoms with E-state index in [1.165, 1.54) is 5.56 Å². The fraction of sp³-hybridized carbons (Fsp3) is 0.667. The Morgan fingerprint density at radius 3 is 2.67 bits per heavy atom. The van der Waals surface area contributed by atoms with Crippen molar-refractivity contribution in [1.82, 2.24) is 10.6 Å². The summed E-state index contributed by atoms with van der Waals surface area (Å²) in [5.41, 5.74) is 1.48. The van der Waals surface area contributed by atoms with Gasteiger partial charge >= 0.3 is 0 Å².